The van der Waals surface area contributed by atoms with E-state index in [-0.39, 0.29) is 5.91 Å². The van der Waals surface area contributed by atoms with Crippen LogP contribution >= 0.6 is 0 Å². The molecule has 3 heteroatoms. The molecule has 0 aliphatic heterocycles. The quantitative estimate of drug-likeness (QED) is 0.792. The minimum atomic E-state index is -0.651. The molecule has 3 nitrogen and oxygen atoms in total. The monoisotopic (exact) mass is 238 g/mol. The van der Waals surface area contributed by atoms with E-state index in [1.54, 1.807) is 0 Å². The summed E-state index contributed by atoms with van der Waals surface area (Å²) in [4.78, 5) is 12.2. The van der Waals surface area contributed by atoms with Crippen LogP contribution in [0.1, 0.15) is 59.3 Å². The van der Waals surface area contributed by atoms with Crippen molar-refractivity contribution in [2.24, 2.45) is 17.1 Å². The molecule has 0 bridgehead atoms. The molecule has 2 aliphatic carbocycles. The molecule has 0 spiro atoms. The lowest BCUT2D eigenvalue weighted by molar-refractivity contribution is -0.127. The third-order valence-electron chi connectivity index (χ3n) is 4.46. The predicted octanol–water partition coefficient (Wildman–Crippen LogP) is 2.20. The predicted molar refractivity (Wildman–Crippen MR) is 69.5 cm³/mol. The molecular formula is C14H26N2O. The van der Waals surface area contributed by atoms with Crippen molar-refractivity contribution in [3.05, 3.63) is 0 Å². The van der Waals surface area contributed by atoms with Gasteiger partial charge in [0.05, 0.1) is 5.54 Å². The third-order valence-corrected chi connectivity index (χ3v) is 4.46. The summed E-state index contributed by atoms with van der Waals surface area (Å²) in [5.41, 5.74) is 5.85. The number of carbonyl (C=O) groups is 1. The zero-order valence-electron chi connectivity index (χ0n) is 11.4. The summed E-state index contributed by atoms with van der Waals surface area (Å²) in [5.74, 6) is 0.460. The van der Waals surface area contributed by atoms with E-state index >= 15 is 0 Å². The number of hydrogen-bond acceptors (Lipinski definition) is 2. The first-order chi connectivity index (χ1) is 7.81. The summed E-state index contributed by atoms with van der Waals surface area (Å²) in [6.07, 6.45) is 6.88. The van der Waals surface area contributed by atoms with Crippen molar-refractivity contribution < 1.29 is 4.79 Å². The summed E-state index contributed by atoms with van der Waals surface area (Å²) >= 11 is 0. The molecule has 0 saturated heterocycles. The molecule has 1 amide bonds. The van der Waals surface area contributed by atoms with Gasteiger partial charge >= 0.3 is 0 Å². The SMILES string of the molecule is CC1(C)CCCC(NC(=O)C(C)(N)C2CC2)C1. The molecule has 2 aliphatic rings. The van der Waals surface area contributed by atoms with Gasteiger partial charge in [-0.05, 0) is 50.4 Å². The lowest BCUT2D eigenvalue weighted by atomic mass is 9.75. The molecule has 2 rings (SSSR count). The molecule has 2 saturated carbocycles. The molecule has 0 aromatic rings. The van der Waals surface area contributed by atoms with Crippen LogP contribution in [0.3, 0.4) is 0 Å². The van der Waals surface area contributed by atoms with Gasteiger partial charge in [-0.1, -0.05) is 20.3 Å². The van der Waals surface area contributed by atoms with E-state index in [9.17, 15) is 4.79 Å². The van der Waals surface area contributed by atoms with Gasteiger partial charge in [-0.25, -0.2) is 0 Å². The molecular weight excluding hydrogens is 212 g/mol. The Kier molecular flexibility index (Phi) is 3.23. The molecule has 2 fully saturated rings. The van der Waals surface area contributed by atoms with Crippen LogP contribution < -0.4 is 11.1 Å². The van der Waals surface area contributed by atoms with Crippen LogP contribution in [0.5, 0.6) is 0 Å². The van der Waals surface area contributed by atoms with Gasteiger partial charge in [0.2, 0.25) is 5.91 Å². The van der Waals surface area contributed by atoms with Crippen LogP contribution in [0, 0.1) is 11.3 Å². The number of nitrogens with one attached hydrogen (secondary N) is 1. The minimum absolute atomic E-state index is 0.0581. The molecule has 3 N–H and O–H groups in total. The van der Waals surface area contributed by atoms with Gasteiger partial charge in [0, 0.05) is 6.04 Å². The topological polar surface area (TPSA) is 55.1 Å². The smallest absolute Gasteiger partial charge is 0.240 e. The lowest BCUT2D eigenvalue weighted by Gasteiger charge is -2.37. The van der Waals surface area contributed by atoms with Crippen molar-refractivity contribution in [1.29, 1.82) is 0 Å². The number of nitrogens with two attached hydrogens (primary N) is 1. The normalized spacial score (nSPS) is 31.6. The fraction of sp³-hybridized carbons (Fsp3) is 0.929. The number of rotatable bonds is 3. The van der Waals surface area contributed by atoms with E-state index in [1.807, 2.05) is 6.92 Å². The van der Waals surface area contributed by atoms with Gasteiger partial charge in [-0.2, -0.15) is 0 Å². The zero-order chi connectivity index (χ0) is 12.7. The van der Waals surface area contributed by atoms with Gasteiger partial charge in [0.15, 0.2) is 0 Å². The Morgan fingerprint density at radius 1 is 1.35 bits per heavy atom. The first-order valence-electron chi connectivity index (χ1n) is 6.91. The number of carbonyl (C=O) groups excluding carboxylic acids is 1. The van der Waals surface area contributed by atoms with Crippen LogP contribution in [-0.2, 0) is 4.79 Å². The average molecular weight is 238 g/mol. The molecule has 2 atom stereocenters. The molecule has 0 aromatic carbocycles. The van der Waals surface area contributed by atoms with Crippen LogP contribution in [0.2, 0.25) is 0 Å². The van der Waals surface area contributed by atoms with E-state index in [0.717, 1.165) is 25.7 Å². The maximum Gasteiger partial charge on any atom is 0.240 e. The summed E-state index contributed by atoms with van der Waals surface area (Å²) in [6.45, 7) is 6.45. The molecule has 0 radical (unpaired) electrons. The maximum absolute atomic E-state index is 12.2. The summed E-state index contributed by atoms with van der Waals surface area (Å²) in [7, 11) is 0. The zero-order valence-corrected chi connectivity index (χ0v) is 11.4. The van der Waals surface area contributed by atoms with E-state index in [0.29, 0.717) is 17.4 Å². The van der Waals surface area contributed by atoms with Gasteiger partial charge in [-0.3, -0.25) is 4.79 Å². The average Bonchev–Trinajstić information content (AvgIpc) is 2.98. The van der Waals surface area contributed by atoms with Crippen molar-refractivity contribution in [3.8, 4) is 0 Å². The highest BCUT2D eigenvalue weighted by atomic mass is 16.2. The fourth-order valence-electron chi connectivity index (χ4n) is 3.03. The van der Waals surface area contributed by atoms with Crippen LogP contribution in [0.4, 0.5) is 0 Å². The minimum Gasteiger partial charge on any atom is -0.352 e. The molecule has 0 heterocycles. The Morgan fingerprint density at radius 3 is 2.53 bits per heavy atom. The summed E-state index contributed by atoms with van der Waals surface area (Å²) < 4.78 is 0. The van der Waals surface area contributed by atoms with Crippen molar-refractivity contribution in [3.63, 3.8) is 0 Å². The van der Waals surface area contributed by atoms with Crippen LogP contribution in [0.15, 0.2) is 0 Å². The molecule has 17 heavy (non-hydrogen) atoms. The molecule has 0 aromatic heterocycles. The van der Waals surface area contributed by atoms with E-state index < -0.39 is 5.54 Å². The highest BCUT2D eigenvalue weighted by Crippen LogP contribution is 2.39. The van der Waals surface area contributed by atoms with Crippen LogP contribution in [-0.4, -0.2) is 17.5 Å². The van der Waals surface area contributed by atoms with Gasteiger partial charge in [0.1, 0.15) is 0 Å². The first kappa shape index (κ1) is 12.9. The van der Waals surface area contributed by atoms with Crippen LogP contribution in [0.25, 0.3) is 0 Å². The van der Waals surface area contributed by atoms with Crippen molar-refractivity contribution in [1.82, 2.24) is 5.32 Å². The largest absolute Gasteiger partial charge is 0.352 e. The molecule has 98 valence electrons. The summed E-state index contributed by atoms with van der Waals surface area (Å²) in [6, 6.07) is 0.327. The van der Waals surface area contributed by atoms with Gasteiger partial charge in [-0.15, -0.1) is 0 Å². The highest BCUT2D eigenvalue weighted by Gasteiger charge is 2.44. The van der Waals surface area contributed by atoms with Crippen molar-refractivity contribution >= 4 is 5.91 Å². The fourth-order valence-corrected chi connectivity index (χ4v) is 3.03. The Bertz CT molecular complexity index is 305. The first-order valence-corrected chi connectivity index (χ1v) is 6.91. The Hall–Kier alpha value is -0.570. The van der Waals surface area contributed by atoms with E-state index in [4.69, 9.17) is 5.73 Å². The second-order valence-electron chi connectivity index (χ2n) is 6.99. The second-order valence-corrected chi connectivity index (χ2v) is 6.99. The van der Waals surface area contributed by atoms with Crippen molar-refractivity contribution in [2.45, 2.75) is 70.9 Å². The van der Waals surface area contributed by atoms with E-state index in [1.165, 1.54) is 12.8 Å². The second kappa shape index (κ2) is 4.27. The maximum atomic E-state index is 12.2. The third kappa shape index (κ3) is 3.01. The molecule has 2 unspecified atom stereocenters. The summed E-state index contributed by atoms with van der Waals surface area (Å²) in [5, 5.41) is 3.17. The Morgan fingerprint density at radius 2 is 2.00 bits per heavy atom. The van der Waals surface area contributed by atoms with E-state index in [2.05, 4.69) is 19.2 Å². The Labute approximate surface area is 105 Å². The number of amides is 1. The van der Waals surface area contributed by atoms with Crippen molar-refractivity contribution in [2.75, 3.05) is 0 Å². The number of hydrogen-bond donors (Lipinski definition) is 2. The standard InChI is InChI=1S/C14H26N2O/c1-13(2)8-4-5-11(9-13)16-12(17)14(3,15)10-6-7-10/h10-11H,4-9,15H2,1-3H3,(H,16,17). The lowest BCUT2D eigenvalue weighted by Crippen LogP contribution is -2.56. The Balaban J connectivity index is 1.90. The highest BCUT2D eigenvalue weighted by molar-refractivity contribution is 5.86. The van der Waals surface area contributed by atoms with Gasteiger partial charge < -0.3 is 11.1 Å². The van der Waals surface area contributed by atoms with Gasteiger partial charge in [0.25, 0.3) is 0 Å².